The minimum Gasteiger partial charge on any atom is -0.508 e. The molecule has 222 valence electrons. The van der Waals surface area contributed by atoms with E-state index < -0.39 is 0 Å². The summed E-state index contributed by atoms with van der Waals surface area (Å²) in [5.74, 6) is 1.32. The molecule has 0 aliphatic rings. The second kappa shape index (κ2) is 23.7. The standard InChI is InChI=1S/C36H66O2/c1-5-7-9-11-13-15-17-18-20-22-24-26-28-32(4)34-30-35(37)33(29-36(34)38)31(3)27-25-23-21-19-16-14-12-10-8-6-2/h29-32,37-38H,5-28H2,1-4H3. The number of rotatable bonds is 26. The van der Waals surface area contributed by atoms with Gasteiger partial charge in [0, 0.05) is 11.1 Å². The van der Waals surface area contributed by atoms with E-state index >= 15 is 0 Å². The van der Waals surface area contributed by atoms with Gasteiger partial charge in [0.2, 0.25) is 0 Å². The molecule has 2 unspecified atom stereocenters. The monoisotopic (exact) mass is 531 g/mol. The van der Waals surface area contributed by atoms with Crippen molar-refractivity contribution >= 4 is 0 Å². The van der Waals surface area contributed by atoms with Gasteiger partial charge < -0.3 is 10.2 Å². The van der Waals surface area contributed by atoms with Crippen LogP contribution >= 0.6 is 0 Å². The van der Waals surface area contributed by atoms with Gasteiger partial charge in [0.15, 0.2) is 0 Å². The molecule has 0 fully saturated rings. The number of aromatic hydroxyl groups is 2. The molecule has 0 aliphatic heterocycles. The van der Waals surface area contributed by atoms with E-state index in [-0.39, 0.29) is 11.8 Å². The van der Waals surface area contributed by atoms with Gasteiger partial charge in [-0.1, -0.05) is 169 Å². The lowest BCUT2D eigenvalue weighted by molar-refractivity contribution is 0.433. The molecule has 1 aromatic rings. The summed E-state index contributed by atoms with van der Waals surface area (Å²) in [6, 6.07) is 3.70. The zero-order chi connectivity index (χ0) is 27.8. The molecule has 0 aromatic heterocycles. The molecule has 0 amide bonds. The highest BCUT2D eigenvalue weighted by Gasteiger charge is 2.17. The summed E-state index contributed by atoms with van der Waals surface area (Å²) in [6.45, 7) is 8.94. The predicted molar refractivity (Wildman–Crippen MR) is 169 cm³/mol. The molecule has 0 heterocycles. The Kier molecular flexibility index (Phi) is 21.7. The summed E-state index contributed by atoms with van der Waals surface area (Å²) in [6.07, 6.45) is 32.0. The third kappa shape index (κ3) is 16.7. The molecule has 0 spiro atoms. The highest BCUT2D eigenvalue weighted by Crippen LogP contribution is 2.39. The molecule has 1 rings (SSSR count). The van der Waals surface area contributed by atoms with Crippen molar-refractivity contribution in [3.63, 3.8) is 0 Å². The molecule has 0 bridgehead atoms. The average molecular weight is 531 g/mol. The van der Waals surface area contributed by atoms with E-state index in [2.05, 4.69) is 27.7 Å². The highest BCUT2D eigenvalue weighted by atomic mass is 16.3. The van der Waals surface area contributed by atoms with Gasteiger partial charge >= 0.3 is 0 Å². The van der Waals surface area contributed by atoms with Crippen LogP contribution in [0.1, 0.15) is 205 Å². The van der Waals surface area contributed by atoms with Gasteiger partial charge in [-0.15, -0.1) is 0 Å². The van der Waals surface area contributed by atoms with E-state index in [4.69, 9.17) is 0 Å². The number of hydrogen-bond donors (Lipinski definition) is 2. The van der Waals surface area contributed by atoms with Crippen LogP contribution in [0, 0.1) is 0 Å². The maximum absolute atomic E-state index is 10.8. The SMILES string of the molecule is CCCCCCCCCCCCCCC(C)c1cc(O)c(C(C)CCCCCCCCCCCC)cc1O. The van der Waals surface area contributed by atoms with Crippen LogP contribution in [0.3, 0.4) is 0 Å². The summed E-state index contributed by atoms with van der Waals surface area (Å²) >= 11 is 0. The zero-order valence-electron chi connectivity index (χ0n) is 26.2. The first kappa shape index (κ1) is 34.8. The molecule has 2 heteroatoms. The normalized spacial score (nSPS) is 13.2. The Hall–Kier alpha value is -1.18. The number of phenolic OH excluding ortho intramolecular Hbond substituents is 2. The molecule has 0 radical (unpaired) electrons. The lowest BCUT2D eigenvalue weighted by Gasteiger charge is -2.19. The van der Waals surface area contributed by atoms with Crippen molar-refractivity contribution in [1.29, 1.82) is 0 Å². The topological polar surface area (TPSA) is 40.5 Å². The Morgan fingerprint density at radius 2 is 0.658 bits per heavy atom. The minimum atomic E-state index is 0.287. The molecular weight excluding hydrogens is 464 g/mol. The first-order chi connectivity index (χ1) is 18.5. The van der Waals surface area contributed by atoms with Gasteiger partial charge in [-0.2, -0.15) is 0 Å². The van der Waals surface area contributed by atoms with Crippen LogP contribution in [0.4, 0.5) is 0 Å². The highest BCUT2D eigenvalue weighted by molar-refractivity contribution is 5.47. The summed E-state index contributed by atoms with van der Waals surface area (Å²) < 4.78 is 0. The third-order valence-electron chi connectivity index (χ3n) is 8.72. The van der Waals surface area contributed by atoms with E-state index in [1.54, 1.807) is 0 Å². The van der Waals surface area contributed by atoms with Crippen LogP contribution in [0.15, 0.2) is 12.1 Å². The van der Waals surface area contributed by atoms with Crippen LogP contribution in [0.5, 0.6) is 11.5 Å². The Morgan fingerprint density at radius 3 is 0.921 bits per heavy atom. The second-order valence-corrected chi connectivity index (χ2v) is 12.4. The first-order valence-corrected chi connectivity index (χ1v) is 17.1. The minimum absolute atomic E-state index is 0.287. The fraction of sp³-hybridized carbons (Fsp3) is 0.833. The van der Waals surface area contributed by atoms with Crippen molar-refractivity contribution < 1.29 is 10.2 Å². The van der Waals surface area contributed by atoms with Crippen LogP contribution in [0.25, 0.3) is 0 Å². The van der Waals surface area contributed by atoms with Crippen LogP contribution in [0.2, 0.25) is 0 Å². The Balaban J connectivity index is 2.20. The fourth-order valence-electron chi connectivity index (χ4n) is 5.94. The largest absolute Gasteiger partial charge is 0.508 e. The van der Waals surface area contributed by atoms with Gasteiger partial charge in [-0.25, -0.2) is 0 Å². The quantitative estimate of drug-likeness (QED) is 0.0923. The Labute approximate surface area is 238 Å². The Morgan fingerprint density at radius 1 is 0.421 bits per heavy atom. The maximum Gasteiger partial charge on any atom is 0.119 e. The molecule has 38 heavy (non-hydrogen) atoms. The van der Waals surface area contributed by atoms with Gasteiger partial charge in [-0.3, -0.25) is 0 Å². The van der Waals surface area contributed by atoms with E-state index in [1.165, 1.54) is 141 Å². The molecule has 0 saturated carbocycles. The zero-order valence-corrected chi connectivity index (χ0v) is 26.2. The van der Waals surface area contributed by atoms with Crippen molar-refractivity contribution in [1.82, 2.24) is 0 Å². The van der Waals surface area contributed by atoms with E-state index in [1.807, 2.05) is 12.1 Å². The molecule has 2 N–H and O–H groups in total. The van der Waals surface area contributed by atoms with Crippen LogP contribution in [-0.4, -0.2) is 10.2 Å². The molecule has 2 nitrogen and oxygen atoms in total. The van der Waals surface area contributed by atoms with Crippen molar-refractivity contribution in [3.05, 3.63) is 23.3 Å². The lowest BCUT2D eigenvalue weighted by Crippen LogP contribution is -1.99. The molecule has 0 saturated heterocycles. The summed E-state index contributed by atoms with van der Waals surface area (Å²) in [5.41, 5.74) is 1.83. The summed E-state index contributed by atoms with van der Waals surface area (Å²) in [4.78, 5) is 0. The van der Waals surface area contributed by atoms with Crippen molar-refractivity contribution in [3.8, 4) is 11.5 Å². The van der Waals surface area contributed by atoms with Crippen LogP contribution in [-0.2, 0) is 0 Å². The number of hydrogen-bond acceptors (Lipinski definition) is 2. The summed E-state index contributed by atoms with van der Waals surface area (Å²) in [5, 5.41) is 21.5. The predicted octanol–water partition coefficient (Wildman–Crippen LogP) is 12.7. The number of benzene rings is 1. The van der Waals surface area contributed by atoms with Crippen molar-refractivity contribution in [2.45, 2.75) is 194 Å². The van der Waals surface area contributed by atoms with Gasteiger partial charge in [0.25, 0.3) is 0 Å². The number of phenols is 2. The molecule has 1 aromatic carbocycles. The van der Waals surface area contributed by atoms with Gasteiger partial charge in [-0.05, 0) is 36.8 Å². The van der Waals surface area contributed by atoms with E-state index in [9.17, 15) is 10.2 Å². The lowest BCUT2D eigenvalue weighted by atomic mass is 9.88. The smallest absolute Gasteiger partial charge is 0.119 e. The van der Waals surface area contributed by atoms with Gasteiger partial charge in [0.1, 0.15) is 11.5 Å². The van der Waals surface area contributed by atoms with Crippen molar-refractivity contribution in [2.24, 2.45) is 0 Å². The fourth-order valence-corrected chi connectivity index (χ4v) is 5.94. The second-order valence-electron chi connectivity index (χ2n) is 12.4. The van der Waals surface area contributed by atoms with E-state index in [0.717, 1.165) is 24.0 Å². The maximum atomic E-state index is 10.8. The Bertz CT molecular complexity index is 668. The van der Waals surface area contributed by atoms with Crippen molar-refractivity contribution in [2.75, 3.05) is 0 Å². The number of unbranched alkanes of at least 4 members (excludes halogenated alkanes) is 20. The molecule has 0 aliphatic carbocycles. The van der Waals surface area contributed by atoms with E-state index in [0.29, 0.717) is 11.5 Å². The first-order valence-electron chi connectivity index (χ1n) is 17.1. The molecular formula is C36H66O2. The molecule has 2 atom stereocenters. The summed E-state index contributed by atoms with van der Waals surface area (Å²) in [7, 11) is 0. The average Bonchev–Trinajstić information content (AvgIpc) is 2.91. The van der Waals surface area contributed by atoms with Gasteiger partial charge in [0.05, 0.1) is 0 Å². The third-order valence-corrected chi connectivity index (χ3v) is 8.72. The van der Waals surface area contributed by atoms with Crippen LogP contribution < -0.4 is 0 Å².